The minimum absolute atomic E-state index is 0.472. The van der Waals surface area contributed by atoms with Crippen molar-refractivity contribution in [3.63, 3.8) is 0 Å². The van der Waals surface area contributed by atoms with Crippen LogP contribution in [-0.4, -0.2) is 6.03 Å². The van der Waals surface area contributed by atoms with E-state index in [0.29, 0.717) is 6.54 Å². The van der Waals surface area contributed by atoms with E-state index in [0.717, 1.165) is 4.88 Å². The maximum atomic E-state index is 10.1. The summed E-state index contributed by atoms with van der Waals surface area (Å²) in [7, 11) is 0. The zero-order valence-corrected chi connectivity index (χ0v) is 6.07. The number of hydrogen-bond acceptors (Lipinski definition) is 2. The first-order chi connectivity index (χ1) is 4.79. The number of nitrogens with one attached hydrogen (secondary N) is 2. The monoisotopic (exact) mass is 155 g/mol. The van der Waals surface area contributed by atoms with Gasteiger partial charge in [-0.2, -0.15) is 0 Å². The third-order valence-electron chi connectivity index (χ3n) is 1.00. The maximum Gasteiger partial charge on any atom is 0.333 e. The third kappa shape index (κ3) is 2.06. The lowest BCUT2D eigenvalue weighted by atomic mass is 10.5. The number of carbonyl (C=O) groups is 1. The molecule has 3 nitrogen and oxygen atoms in total. The second kappa shape index (κ2) is 3.22. The Bertz CT molecular complexity index is 208. The molecule has 1 radical (unpaired) electrons. The van der Waals surface area contributed by atoms with Crippen molar-refractivity contribution >= 4 is 17.4 Å². The summed E-state index contributed by atoms with van der Waals surface area (Å²) in [6.45, 7) is 0.472. The van der Waals surface area contributed by atoms with Gasteiger partial charge in [0.25, 0.3) is 0 Å². The van der Waals surface area contributed by atoms with Crippen molar-refractivity contribution in [2.45, 2.75) is 6.54 Å². The molecule has 1 rings (SSSR count). The zero-order chi connectivity index (χ0) is 7.40. The van der Waals surface area contributed by atoms with Crippen LogP contribution in [0.3, 0.4) is 0 Å². The molecule has 1 heterocycles. The highest BCUT2D eigenvalue weighted by molar-refractivity contribution is 7.09. The van der Waals surface area contributed by atoms with Gasteiger partial charge >= 0.3 is 6.03 Å². The van der Waals surface area contributed by atoms with Crippen LogP contribution >= 0.6 is 11.3 Å². The molecule has 0 aliphatic carbocycles. The lowest BCUT2D eigenvalue weighted by molar-refractivity contribution is 0.247. The van der Waals surface area contributed by atoms with Crippen molar-refractivity contribution in [1.29, 1.82) is 0 Å². The molecule has 1 aromatic rings. The Kier molecular flexibility index (Phi) is 2.28. The lowest BCUT2D eigenvalue weighted by Gasteiger charge is -1.94. The summed E-state index contributed by atoms with van der Waals surface area (Å²) in [5, 5.41) is 4.32. The first-order valence-electron chi connectivity index (χ1n) is 2.81. The first-order valence-corrected chi connectivity index (χ1v) is 3.69. The third-order valence-corrected chi connectivity index (χ3v) is 1.88. The standard InChI is InChI=1S/C6H7N2OS/c7-6(9)8-4-5-2-1-3-10-5/h1-3,7H,4H2,(H,8,9). The predicted molar refractivity (Wildman–Crippen MR) is 39.7 cm³/mol. The Hall–Kier alpha value is -1.03. The van der Waals surface area contributed by atoms with E-state index in [4.69, 9.17) is 5.73 Å². The Morgan fingerprint density at radius 2 is 2.60 bits per heavy atom. The van der Waals surface area contributed by atoms with Gasteiger partial charge in [-0.05, 0) is 11.4 Å². The van der Waals surface area contributed by atoms with E-state index in [1.54, 1.807) is 11.3 Å². The number of rotatable bonds is 2. The van der Waals surface area contributed by atoms with Gasteiger partial charge in [0.2, 0.25) is 0 Å². The van der Waals surface area contributed by atoms with Crippen LogP contribution in [-0.2, 0) is 6.54 Å². The van der Waals surface area contributed by atoms with Crippen LogP contribution in [0, 0.1) is 0 Å². The second-order valence-electron chi connectivity index (χ2n) is 1.76. The van der Waals surface area contributed by atoms with E-state index in [9.17, 15) is 4.79 Å². The van der Waals surface area contributed by atoms with Crippen molar-refractivity contribution in [3.05, 3.63) is 22.4 Å². The first kappa shape index (κ1) is 7.08. The normalized spacial score (nSPS) is 9.20. The fourth-order valence-electron chi connectivity index (χ4n) is 0.581. The Morgan fingerprint density at radius 3 is 3.10 bits per heavy atom. The van der Waals surface area contributed by atoms with Crippen LogP contribution in [0.4, 0.5) is 4.79 Å². The summed E-state index contributed by atoms with van der Waals surface area (Å²) >= 11 is 1.57. The van der Waals surface area contributed by atoms with Gasteiger partial charge in [-0.25, -0.2) is 10.5 Å². The lowest BCUT2D eigenvalue weighted by Crippen LogP contribution is -2.20. The summed E-state index contributed by atoms with van der Waals surface area (Å²) in [6.07, 6.45) is 0. The summed E-state index contributed by atoms with van der Waals surface area (Å²) in [6, 6.07) is 3.10. The van der Waals surface area contributed by atoms with Crippen LogP contribution in [0.25, 0.3) is 0 Å². The van der Waals surface area contributed by atoms with Gasteiger partial charge in [0.15, 0.2) is 0 Å². The average Bonchev–Trinajstić information content (AvgIpc) is 2.34. The molecule has 0 aromatic carbocycles. The minimum Gasteiger partial charge on any atom is -0.332 e. The Balaban J connectivity index is 2.35. The maximum absolute atomic E-state index is 10.1. The van der Waals surface area contributed by atoms with Crippen LogP contribution < -0.4 is 11.1 Å². The second-order valence-corrected chi connectivity index (χ2v) is 2.79. The summed E-state index contributed by atoms with van der Waals surface area (Å²) in [4.78, 5) is 11.2. The van der Waals surface area contributed by atoms with Gasteiger partial charge in [-0.1, -0.05) is 6.07 Å². The van der Waals surface area contributed by atoms with E-state index >= 15 is 0 Å². The molecule has 2 amide bonds. The summed E-state index contributed by atoms with van der Waals surface area (Å²) in [5.41, 5.74) is 6.53. The van der Waals surface area contributed by atoms with Crippen LogP contribution in [0.2, 0.25) is 0 Å². The average molecular weight is 155 g/mol. The predicted octanol–water partition coefficient (Wildman–Crippen LogP) is 1.24. The highest BCUT2D eigenvalue weighted by Crippen LogP contribution is 2.06. The van der Waals surface area contributed by atoms with Gasteiger partial charge in [0.1, 0.15) is 0 Å². The highest BCUT2D eigenvalue weighted by atomic mass is 32.1. The van der Waals surface area contributed by atoms with Gasteiger partial charge < -0.3 is 5.32 Å². The SMILES string of the molecule is [NH]C(=O)NCc1cccs1. The van der Waals surface area contributed by atoms with Crippen molar-refractivity contribution < 1.29 is 4.79 Å². The number of urea groups is 1. The number of carbonyl (C=O) groups excluding carboxylic acids is 1. The van der Waals surface area contributed by atoms with E-state index in [1.807, 2.05) is 17.5 Å². The van der Waals surface area contributed by atoms with Gasteiger partial charge in [0.05, 0.1) is 6.54 Å². The van der Waals surface area contributed by atoms with Gasteiger partial charge in [-0.15, -0.1) is 11.3 Å². The molecule has 0 unspecified atom stereocenters. The number of thiophene rings is 1. The number of hydrogen-bond donors (Lipinski definition) is 1. The molecule has 0 aliphatic rings. The molecule has 1 aromatic heterocycles. The van der Waals surface area contributed by atoms with Gasteiger partial charge in [-0.3, -0.25) is 0 Å². The van der Waals surface area contributed by atoms with E-state index < -0.39 is 6.03 Å². The minimum atomic E-state index is -0.728. The molecule has 0 atom stereocenters. The molecule has 0 aliphatic heterocycles. The van der Waals surface area contributed by atoms with Crippen molar-refractivity contribution in [3.8, 4) is 0 Å². The fraction of sp³-hybridized carbons (Fsp3) is 0.167. The van der Waals surface area contributed by atoms with E-state index in [-0.39, 0.29) is 0 Å². The van der Waals surface area contributed by atoms with Crippen LogP contribution in [0.15, 0.2) is 17.5 Å². The summed E-state index contributed by atoms with van der Waals surface area (Å²) in [5.74, 6) is 0. The molecular formula is C6H7N2OS. The molecule has 0 spiro atoms. The molecular weight excluding hydrogens is 148 g/mol. The van der Waals surface area contributed by atoms with E-state index in [1.165, 1.54) is 0 Å². The molecule has 4 heteroatoms. The largest absolute Gasteiger partial charge is 0.333 e. The molecule has 0 saturated heterocycles. The molecule has 0 fully saturated rings. The van der Waals surface area contributed by atoms with Crippen molar-refractivity contribution in [1.82, 2.24) is 11.1 Å². The topological polar surface area (TPSA) is 52.9 Å². The molecule has 0 bridgehead atoms. The van der Waals surface area contributed by atoms with Crippen LogP contribution in [0.5, 0.6) is 0 Å². The van der Waals surface area contributed by atoms with E-state index in [2.05, 4.69) is 5.32 Å². The quantitative estimate of drug-likeness (QED) is 0.686. The molecule has 0 saturated carbocycles. The van der Waals surface area contributed by atoms with Gasteiger partial charge in [0, 0.05) is 4.88 Å². The van der Waals surface area contributed by atoms with Crippen LogP contribution in [0.1, 0.15) is 4.88 Å². The van der Waals surface area contributed by atoms with Crippen molar-refractivity contribution in [2.24, 2.45) is 0 Å². The molecule has 53 valence electrons. The Morgan fingerprint density at radius 1 is 1.80 bits per heavy atom. The highest BCUT2D eigenvalue weighted by Gasteiger charge is 1.94. The number of amides is 2. The summed E-state index contributed by atoms with van der Waals surface area (Å²) < 4.78 is 0. The van der Waals surface area contributed by atoms with Crippen molar-refractivity contribution in [2.75, 3.05) is 0 Å². The Labute approximate surface area is 62.9 Å². The molecule has 10 heavy (non-hydrogen) atoms. The molecule has 2 N–H and O–H groups in total. The fourth-order valence-corrected chi connectivity index (χ4v) is 1.23. The smallest absolute Gasteiger partial charge is 0.332 e. The zero-order valence-electron chi connectivity index (χ0n) is 5.26.